The monoisotopic (exact) mass is 409 g/mol. The Balaban J connectivity index is 1.66. The molecule has 0 fully saturated rings. The minimum atomic E-state index is 1.17. The van der Waals surface area contributed by atoms with Crippen LogP contribution in [-0.2, 0) is 0 Å². The lowest BCUT2D eigenvalue weighted by Crippen LogP contribution is -1.84. The van der Waals surface area contributed by atoms with Gasteiger partial charge in [-0.15, -0.1) is 0 Å². The normalized spacial score (nSPS) is 11.3. The van der Waals surface area contributed by atoms with E-state index in [9.17, 15) is 0 Å². The first-order valence-electron chi connectivity index (χ1n) is 11.0. The molecule has 6 rings (SSSR count). The van der Waals surface area contributed by atoms with E-state index in [0.29, 0.717) is 0 Å². The summed E-state index contributed by atoms with van der Waals surface area (Å²) >= 11 is 0. The SMILES string of the molecule is Cc1cccc(-c2ccc3[nH]c4c(-c5ccccc5)cc(-c5ccccc5)cc4c3c2)c1. The number of fused-ring (bicyclic) bond motifs is 3. The van der Waals surface area contributed by atoms with Crippen molar-refractivity contribution in [1.29, 1.82) is 0 Å². The lowest BCUT2D eigenvalue weighted by Gasteiger charge is -2.09. The first kappa shape index (κ1) is 18.7. The molecule has 0 atom stereocenters. The largest absolute Gasteiger partial charge is 0.354 e. The van der Waals surface area contributed by atoms with E-state index in [0.717, 1.165) is 0 Å². The summed E-state index contributed by atoms with van der Waals surface area (Å²) in [7, 11) is 0. The smallest absolute Gasteiger partial charge is 0.0544 e. The Hall–Kier alpha value is -4.10. The van der Waals surface area contributed by atoms with Crippen LogP contribution in [0.25, 0.3) is 55.2 Å². The van der Waals surface area contributed by atoms with Gasteiger partial charge in [-0.05, 0) is 59.0 Å². The summed E-state index contributed by atoms with van der Waals surface area (Å²) in [4.78, 5) is 3.71. The minimum Gasteiger partial charge on any atom is -0.354 e. The standard InChI is InChI=1S/C31H23N/c1-21-9-8-14-24(17-21)25-15-16-30-28(18-25)29-20-26(22-10-4-2-5-11-22)19-27(31(29)32-30)23-12-6-3-7-13-23/h2-20,32H,1H3. The molecule has 1 N–H and O–H groups in total. The molecule has 0 radical (unpaired) electrons. The summed E-state index contributed by atoms with van der Waals surface area (Å²) in [5.41, 5.74) is 11.0. The number of rotatable bonds is 3. The summed E-state index contributed by atoms with van der Waals surface area (Å²) in [6, 6.07) is 41.4. The molecule has 0 aliphatic carbocycles. The Morgan fingerprint density at radius 2 is 1.12 bits per heavy atom. The lowest BCUT2D eigenvalue weighted by atomic mass is 9.95. The maximum atomic E-state index is 3.71. The van der Waals surface area contributed by atoms with Gasteiger partial charge < -0.3 is 4.98 Å². The summed E-state index contributed by atoms with van der Waals surface area (Å²) in [5.74, 6) is 0. The maximum Gasteiger partial charge on any atom is 0.0544 e. The van der Waals surface area contributed by atoms with Gasteiger partial charge in [-0.2, -0.15) is 0 Å². The van der Waals surface area contributed by atoms with Gasteiger partial charge in [0, 0.05) is 21.9 Å². The summed E-state index contributed by atoms with van der Waals surface area (Å²) in [5, 5.41) is 2.52. The predicted octanol–water partition coefficient (Wildman–Crippen LogP) is 8.63. The summed E-state index contributed by atoms with van der Waals surface area (Å²) < 4.78 is 0. The van der Waals surface area contributed by atoms with Crippen LogP contribution < -0.4 is 0 Å². The van der Waals surface area contributed by atoms with E-state index >= 15 is 0 Å². The molecule has 0 unspecified atom stereocenters. The highest BCUT2D eigenvalue weighted by Gasteiger charge is 2.14. The van der Waals surface area contributed by atoms with Gasteiger partial charge in [-0.3, -0.25) is 0 Å². The van der Waals surface area contributed by atoms with Crippen LogP contribution in [0.5, 0.6) is 0 Å². The summed E-state index contributed by atoms with van der Waals surface area (Å²) in [6.07, 6.45) is 0. The molecule has 6 aromatic rings. The number of H-pyrrole nitrogens is 1. The van der Waals surface area contributed by atoms with E-state index in [1.807, 2.05) is 0 Å². The van der Waals surface area contributed by atoms with Crippen molar-refractivity contribution in [3.05, 3.63) is 121 Å². The molecule has 152 valence electrons. The van der Waals surface area contributed by atoms with Crippen LogP contribution in [0.4, 0.5) is 0 Å². The zero-order chi connectivity index (χ0) is 21.5. The van der Waals surface area contributed by atoms with Gasteiger partial charge in [0.1, 0.15) is 0 Å². The van der Waals surface area contributed by atoms with E-state index < -0.39 is 0 Å². The quantitative estimate of drug-likeness (QED) is 0.301. The average Bonchev–Trinajstić information content (AvgIpc) is 3.22. The fourth-order valence-electron chi connectivity index (χ4n) is 4.65. The average molecular weight is 410 g/mol. The molecule has 32 heavy (non-hydrogen) atoms. The third-order valence-corrected chi connectivity index (χ3v) is 6.25. The van der Waals surface area contributed by atoms with Crippen LogP contribution in [0.3, 0.4) is 0 Å². The maximum absolute atomic E-state index is 3.71. The van der Waals surface area contributed by atoms with E-state index in [4.69, 9.17) is 0 Å². The van der Waals surface area contributed by atoms with Gasteiger partial charge in [0.05, 0.1) is 5.52 Å². The topological polar surface area (TPSA) is 15.8 Å². The molecule has 0 saturated heterocycles. The Bertz CT molecular complexity index is 1560. The van der Waals surface area contributed by atoms with Gasteiger partial charge in [-0.1, -0.05) is 96.6 Å². The van der Waals surface area contributed by atoms with Crippen LogP contribution in [0.1, 0.15) is 5.56 Å². The zero-order valence-electron chi connectivity index (χ0n) is 18.0. The fourth-order valence-corrected chi connectivity index (χ4v) is 4.65. The van der Waals surface area contributed by atoms with Crippen molar-refractivity contribution in [2.45, 2.75) is 6.92 Å². The lowest BCUT2D eigenvalue weighted by molar-refractivity contribution is 1.47. The van der Waals surface area contributed by atoms with Crippen molar-refractivity contribution in [2.24, 2.45) is 0 Å². The Morgan fingerprint density at radius 3 is 1.88 bits per heavy atom. The second kappa shape index (κ2) is 7.55. The van der Waals surface area contributed by atoms with Gasteiger partial charge in [0.15, 0.2) is 0 Å². The molecule has 0 saturated carbocycles. The Labute approximate surface area is 188 Å². The molecular weight excluding hydrogens is 386 g/mol. The molecule has 0 aliphatic heterocycles. The predicted molar refractivity (Wildman–Crippen MR) is 137 cm³/mol. The van der Waals surface area contributed by atoms with E-state index in [1.54, 1.807) is 0 Å². The number of aromatic nitrogens is 1. The minimum absolute atomic E-state index is 1.17. The highest BCUT2D eigenvalue weighted by atomic mass is 14.7. The van der Waals surface area contributed by atoms with E-state index in [2.05, 4.69) is 127 Å². The molecule has 1 heterocycles. The number of hydrogen-bond acceptors (Lipinski definition) is 0. The first-order valence-corrected chi connectivity index (χ1v) is 11.0. The van der Waals surface area contributed by atoms with E-state index in [1.165, 1.54) is 60.8 Å². The van der Waals surface area contributed by atoms with E-state index in [-0.39, 0.29) is 0 Å². The van der Waals surface area contributed by atoms with Crippen molar-refractivity contribution < 1.29 is 0 Å². The molecular formula is C31H23N. The van der Waals surface area contributed by atoms with Crippen LogP contribution in [0.2, 0.25) is 0 Å². The molecule has 5 aromatic carbocycles. The third kappa shape index (κ3) is 3.19. The molecule has 0 aliphatic rings. The van der Waals surface area contributed by atoms with Crippen LogP contribution in [-0.4, -0.2) is 4.98 Å². The molecule has 1 heteroatoms. The third-order valence-electron chi connectivity index (χ3n) is 6.25. The van der Waals surface area contributed by atoms with Crippen LogP contribution >= 0.6 is 0 Å². The fraction of sp³-hybridized carbons (Fsp3) is 0.0323. The number of aromatic amines is 1. The summed E-state index contributed by atoms with van der Waals surface area (Å²) in [6.45, 7) is 2.14. The van der Waals surface area contributed by atoms with Crippen molar-refractivity contribution in [3.8, 4) is 33.4 Å². The van der Waals surface area contributed by atoms with Crippen molar-refractivity contribution in [3.63, 3.8) is 0 Å². The molecule has 1 nitrogen and oxygen atoms in total. The number of benzene rings is 5. The van der Waals surface area contributed by atoms with Gasteiger partial charge >= 0.3 is 0 Å². The van der Waals surface area contributed by atoms with Crippen molar-refractivity contribution in [1.82, 2.24) is 4.98 Å². The second-order valence-electron chi connectivity index (χ2n) is 8.43. The van der Waals surface area contributed by atoms with Gasteiger partial charge in [0.25, 0.3) is 0 Å². The molecule has 0 spiro atoms. The highest BCUT2D eigenvalue weighted by molar-refractivity contribution is 6.14. The number of nitrogens with one attached hydrogen (secondary N) is 1. The molecule has 1 aromatic heterocycles. The molecule has 0 amide bonds. The molecule has 0 bridgehead atoms. The number of aryl methyl sites for hydroxylation is 1. The first-order chi connectivity index (χ1) is 15.8. The number of hydrogen-bond donors (Lipinski definition) is 1. The van der Waals surface area contributed by atoms with Crippen molar-refractivity contribution >= 4 is 21.8 Å². The van der Waals surface area contributed by atoms with Gasteiger partial charge in [0.2, 0.25) is 0 Å². The zero-order valence-corrected chi connectivity index (χ0v) is 18.0. The van der Waals surface area contributed by atoms with Crippen LogP contribution in [0.15, 0.2) is 115 Å². The Morgan fingerprint density at radius 1 is 0.469 bits per heavy atom. The second-order valence-corrected chi connectivity index (χ2v) is 8.43. The highest BCUT2D eigenvalue weighted by Crippen LogP contribution is 2.38. The Kier molecular flexibility index (Phi) is 4.40. The van der Waals surface area contributed by atoms with Crippen LogP contribution in [0, 0.1) is 6.92 Å². The van der Waals surface area contributed by atoms with Crippen molar-refractivity contribution in [2.75, 3.05) is 0 Å². The van der Waals surface area contributed by atoms with Gasteiger partial charge in [-0.25, -0.2) is 0 Å².